The van der Waals surface area contributed by atoms with Crippen molar-refractivity contribution in [3.8, 4) is 0 Å². The minimum Gasteiger partial charge on any atom is -0.386 e. The SMILES string of the molecule is CCCn1cncc1C(O)Cc1c(Cl)c(C)nn1C. The van der Waals surface area contributed by atoms with Gasteiger partial charge in [-0.1, -0.05) is 18.5 Å². The molecule has 0 aliphatic heterocycles. The zero-order chi connectivity index (χ0) is 14.0. The summed E-state index contributed by atoms with van der Waals surface area (Å²) in [5.41, 5.74) is 2.45. The van der Waals surface area contributed by atoms with Crippen LogP contribution in [0.25, 0.3) is 0 Å². The molecule has 6 heteroatoms. The molecule has 0 radical (unpaired) electrons. The summed E-state index contributed by atoms with van der Waals surface area (Å²) in [6.07, 6.45) is 4.27. The minimum absolute atomic E-state index is 0.436. The van der Waals surface area contributed by atoms with Crippen molar-refractivity contribution in [3.63, 3.8) is 0 Å². The van der Waals surface area contributed by atoms with Crippen LogP contribution >= 0.6 is 11.6 Å². The van der Waals surface area contributed by atoms with E-state index in [0.29, 0.717) is 11.4 Å². The van der Waals surface area contributed by atoms with Crippen LogP contribution in [0, 0.1) is 6.92 Å². The van der Waals surface area contributed by atoms with Gasteiger partial charge in [0.25, 0.3) is 0 Å². The normalized spacial score (nSPS) is 12.9. The summed E-state index contributed by atoms with van der Waals surface area (Å²) in [6.45, 7) is 4.81. The molecule has 0 spiro atoms. The van der Waals surface area contributed by atoms with E-state index in [0.717, 1.165) is 30.0 Å². The molecular weight excluding hydrogens is 264 g/mol. The van der Waals surface area contributed by atoms with Gasteiger partial charge in [-0.25, -0.2) is 4.98 Å². The first-order valence-corrected chi connectivity index (χ1v) is 6.78. The lowest BCUT2D eigenvalue weighted by Gasteiger charge is -2.13. The van der Waals surface area contributed by atoms with E-state index in [9.17, 15) is 5.11 Å². The van der Waals surface area contributed by atoms with E-state index in [1.165, 1.54) is 0 Å². The standard InChI is InChI=1S/C13H19ClN4O/c1-4-5-18-8-15-7-11(18)12(19)6-10-13(14)9(2)16-17(10)3/h7-8,12,19H,4-6H2,1-3H3. The molecule has 104 valence electrons. The van der Waals surface area contributed by atoms with E-state index >= 15 is 0 Å². The van der Waals surface area contributed by atoms with Gasteiger partial charge < -0.3 is 9.67 Å². The summed E-state index contributed by atoms with van der Waals surface area (Å²) in [5, 5.41) is 15.3. The molecule has 19 heavy (non-hydrogen) atoms. The molecule has 2 rings (SSSR count). The Hall–Kier alpha value is -1.33. The maximum Gasteiger partial charge on any atom is 0.101 e. The van der Waals surface area contributed by atoms with Gasteiger partial charge in [0, 0.05) is 20.0 Å². The minimum atomic E-state index is -0.624. The number of rotatable bonds is 5. The van der Waals surface area contributed by atoms with Crippen molar-refractivity contribution in [2.45, 2.75) is 39.3 Å². The smallest absolute Gasteiger partial charge is 0.101 e. The molecule has 0 aliphatic rings. The monoisotopic (exact) mass is 282 g/mol. The second-order valence-corrected chi connectivity index (χ2v) is 5.08. The predicted molar refractivity (Wildman–Crippen MR) is 74.1 cm³/mol. The first-order valence-electron chi connectivity index (χ1n) is 6.40. The number of imidazole rings is 1. The summed E-state index contributed by atoms with van der Waals surface area (Å²) in [7, 11) is 1.84. The summed E-state index contributed by atoms with van der Waals surface area (Å²) in [6, 6.07) is 0. The number of hydrogen-bond donors (Lipinski definition) is 1. The zero-order valence-electron chi connectivity index (χ0n) is 11.5. The third kappa shape index (κ3) is 2.82. The fourth-order valence-corrected chi connectivity index (χ4v) is 2.46. The van der Waals surface area contributed by atoms with Crippen LogP contribution in [0.5, 0.6) is 0 Å². The lowest BCUT2D eigenvalue weighted by atomic mass is 10.1. The van der Waals surface area contributed by atoms with Gasteiger partial charge in [0.15, 0.2) is 0 Å². The van der Waals surface area contributed by atoms with E-state index < -0.39 is 6.10 Å². The van der Waals surface area contributed by atoms with Crippen LogP contribution in [0.2, 0.25) is 5.02 Å². The number of aliphatic hydroxyl groups is 1. The van der Waals surface area contributed by atoms with Crippen molar-refractivity contribution in [1.29, 1.82) is 0 Å². The van der Waals surface area contributed by atoms with Crippen molar-refractivity contribution in [2.24, 2.45) is 7.05 Å². The molecule has 0 saturated heterocycles. The molecule has 0 aromatic carbocycles. The largest absolute Gasteiger partial charge is 0.386 e. The summed E-state index contributed by atoms with van der Waals surface area (Å²) < 4.78 is 3.70. The lowest BCUT2D eigenvalue weighted by Crippen LogP contribution is -2.11. The van der Waals surface area contributed by atoms with Gasteiger partial charge in [-0.15, -0.1) is 0 Å². The Morgan fingerprint density at radius 1 is 1.47 bits per heavy atom. The maximum atomic E-state index is 10.4. The summed E-state index contributed by atoms with van der Waals surface area (Å²) in [5.74, 6) is 0. The molecule has 1 atom stereocenters. The van der Waals surface area contributed by atoms with Gasteiger partial charge in [-0.2, -0.15) is 5.10 Å². The molecular formula is C13H19ClN4O. The van der Waals surface area contributed by atoms with Gasteiger partial charge in [0.05, 0.1) is 34.6 Å². The molecule has 1 N–H and O–H groups in total. The number of halogens is 1. The van der Waals surface area contributed by atoms with Crippen molar-refractivity contribution < 1.29 is 5.11 Å². The van der Waals surface area contributed by atoms with Gasteiger partial charge in [-0.05, 0) is 13.3 Å². The molecule has 0 fully saturated rings. The first-order chi connectivity index (χ1) is 9.04. The molecule has 5 nitrogen and oxygen atoms in total. The van der Waals surface area contributed by atoms with E-state index in [-0.39, 0.29) is 0 Å². The third-order valence-corrected chi connectivity index (χ3v) is 3.69. The molecule has 2 aromatic heterocycles. The van der Waals surface area contributed by atoms with E-state index in [2.05, 4.69) is 17.0 Å². The van der Waals surface area contributed by atoms with Crippen LogP contribution in [0.3, 0.4) is 0 Å². The van der Waals surface area contributed by atoms with Crippen LogP contribution < -0.4 is 0 Å². The number of aliphatic hydroxyl groups excluding tert-OH is 1. The number of hydrogen-bond acceptors (Lipinski definition) is 3. The van der Waals surface area contributed by atoms with Crippen LogP contribution in [0.15, 0.2) is 12.5 Å². The fraction of sp³-hybridized carbons (Fsp3) is 0.538. The highest BCUT2D eigenvalue weighted by atomic mass is 35.5. The molecule has 0 amide bonds. The van der Waals surface area contributed by atoms with Crippen molar-refractivity contribution in [2.75, 3.05) is 0 Å². The third-order valence-electron chi connectivity index (χ3n) is 3.20. The van der Waals surface area contributed by atoms with Crippen molar-refractivity contribution >= 4 is 11.6 Å². The van der Waals surface area contributed by atoms with Crippen LogP contribution in [0.1, 0.15) is 36.5 Å². The van der Waals surface area contributed by atoms with Gasteiger partial charge >= 0.3 is 0 Å². The van der Waals surface area contributed by atoms with Crippen LogP contribution in [-0.4, -0.2) is 24.4 Å². The quantitative estimate of drug-likeness (QED) is 0.915. The molecule has 2 aromatic rings. The fourth-order valence-electron chi connectivity index (χ4n) is 2.23. The lowest BCUT2D eigenvalue weighted by molar-refractivity contribution is 0.166. The highest BCUT2D eigenvalue weighted by Gasteiger charge is 2.19. The average molecular weight is 283 g/mol. The second-order valence-electron chi connectivity index (χ2n) is 4.70. The van der Waals surface area contributed by atoms with Crippen LogP contribution in [0.4, 0.5) is 0 Å². The Balaban J connectivity index is 2.20. The van der Waals surface area contributed by atoms with Gasteiger partial charge in [0.1, 0.15) is 6.10 Å². The number of aryl methyl sites for hydroxylation is 3. The average Bonchev–Trinajstić information content (AvgIpc) is 2.91. The molecule has 1 unspecified atom stereocenters. The Labute approximate surface area is 117 Å². The van der Waals surface area contributed by atoms with Gasteiger partial charge in [0.2, 0.25) is 0 Å². The Bertz CT molecular complexity index is 561. The number of aromatic nitrogens is 4. The van der Waals surface area contributed by atoms with Crippen LogP contribution in [-0.2, 0) is 20.0 Å². The highest BCUT2D eigenvalue weighted by molar-refractivity contribution is 6.31. The van der Waals surface area contributed by atoms with Crippen molar-refractivity contribution in [3.05, 3.63) is 34.6 Å². The van der Waals surface area contributed by atoms with E-state index in [1.54, 1.807) is 17.2 Å². The predicted octanol–water partition coefficient (Wildman–Crippen LogP) is 2.26. The maximum absolute atomic E-state index is 10.4. The Morgan fingerprint density at radius 2 is 2.21 bits per heavy atom. The summed E-state index contributed by atoms with van der Waals surface area (Å²) >= 11 is 6.20. The molecule has 0 aliphatic carbocycles. The van der Waals surface area contributed by atoms with Gasteiger partial charge in [-0.3, -0.25) is 4.68 Å². The van der Waals surface area contributed by atoms with E-state index in [1.807, 2.05) is 18.5 Å². The molecule has 0 bridgehead atoms. The summed E-state index contributed by atoms with van der Waals surface area (Å²) in [4.78, 5) is 4.10. The molecule has 0 saturated carbocycles. The van der Waals surface area contributed by atoms with E-state index in [4.69, 9.17) is 11.6 Å². The number of nitrogens with zero attached hydrogens (tertiary/aromatic N) is 4. The Morgan fingerprint density at radius 3 is 2.79 bits per heavy atom. The zero-order valence-corrected chi connectivity index (χ0v) is 12.2. The van der Waals surface area contributed by atoms with Crippen molar-refractivity contribution in [1.82, 2.24) is 19.3 Å². The Kier molecular flexibility index (Phi) is 4.27. The first kappa shape index (κ1) is 14.1. The second kappa shape index (κ2) is 5.75. The highest BCUT2D eigenvalue weighted by Crippen LogP contribution is 2.25. The topological polar surface area (TPSA) is 55.9 Å². The molecule has 2 heterocycles.